The van der Waals surface area contributed by atoms with Crippen LogP contribution in [0.2, 0.25) is 0 Å². The lowest BCUT2D eigenvalue weighted by Gasteiger charge is -2.33. The molecule has 2 fully saturated rings. The lowest BCUT2D eigenvalue weighted by molar-refractivity contribution is -0.871. The van der Waals surface area contributed by atoms with Crippen molar-refractivity contribution in [3.8, 4) is 11.1 Å². The van der Waals surface area contributed by atoms with Crippen LogP contribution < -0.4 is 10.6 Å². The largest absolute Gasteiger partial charge is 0.348 e. The molecule has 0 aliphatic carbocycles. The van der Waals surface area contributed by atoms with Crippen molar-refractivity contribution in [3.05, 3.63) is 94.8 Å². The smallest absolute Gasteiger partial charge is 0.251 e. The van der Waals surface area contributed by atoms with E-state index in [4.69, 9.17) is 0 Å². The van der Waals surface area contributed by atoms with Gasteiger partial charge in [-0.2, -0.15) is 0 Å². The molecule has 0 unspecified atom stereocenters. The molecule has 6 nitrogen and oxygen atoms in total. The summed E-state index contributed by atoms with van der Waals surface area (Å²) in [6.45, 7) is 10.7. The molecule has 7 heteroatoms. The zero-order chi connectivity index (χ0) is 31.1. The molecular weight excluding hydrogens is 549 g/mol. The Kier molecular flexibility index (Phi) is 10.9. The summed E-state index contributed by atoms with van der Waals surface area (Å²) in [5, 5.41) is 6.54. The Hall–Kier alpha value is -3.10. The second-order valence-corrected chi connectivity index (χ2v) is 14.0. The molecule has 0 aromatic heterocycles. The number of benzene rings is 3. The number of rotatable bonds is 11. The number of halogens is 1. The topological polar surface area (TPSA) is 47.6 Å². The fourth-order valence-electron chi connectivity index (χ4n) is 6.51. The van der Waals surface area contributed by atoms with Crippen molar-refractivity contribution in [2.24, 2.45) is 5.92 Å². The fourth-order valence-corrected chi connectivity index (χ4v) is 6.51. The van der Waals surface area contributed by atoms with Gasteiger partial charge in [0.05, 0.1) is 27.7 Å². The summed E-state index contributed by atoms with van der Waals surface area (Å²) in [7, 11) is 6.81. The highest BCUT2D eigenvalue weighted by Crippen LogP contribution is 2.26. The van der Waals surface area contributed by atoms with E-state index in [9.17, 15) is 9.18 Å². The van der Waals surface area contributed by atoms with Crippen LogP contribution in [0, 0.1) is 11.7 Å². The van der Waals surface area contributed by atoms with Crippen LogP contribution in [0.1, 0.15) is 53.2 Å². The fraction of sp³-hybridized carbons (Fsp3) is 0.486. The van der Waals surface area contributed by atoms with Gasteiger partial charge in [0, 0.05) is 56.4 Å². The van der Waals surface area contributed by atoms with Crippen molar-refractivity contribution < 1.29 is 13.7 Å². The van der Waals surface area contributed by atoms with E-state index in [2.05, 4.69) is 66.7 Å². The van der Waals surface area contributed by atoms with Crippen LogP contribution in [-0.4, -0.2) is 86.6 Å². The lowest BCUT2D eigenvalue weighted by Crippen LogP contribution is -2.48. The highest BCUT2D eigenvalue weighted by atomic mass is 19.1. The maximum absolute atomic E-state index is 15.0. The van der Waals surface area contributed by atoms with Crippen molar-refractivity contribution in [1.82, 2.24) is 20.4 Å². The zero-order valence-corrected chi connectivity index (χ0v) is 27.1. The van der Waals surface area contributed by atoms with E-state index in [1.807, 2.05) is 36.4 Å². The third kappa shape index (κ3) is 9.45. The molecule has 2 saturated heterocycles. The first-order valence-corrected chi connectivity index (χ1v) is 16.3. The van der Waals surface area contributed by atoms with Crippen LogP contribution in [0.4, 0.5) is 4.39 Å². The standard InChI is InChI=1S/C37H50FN5O/c1-28-25-42(19-16-39-28)27-31-7-5-9-33(21-31)35-23-30(11-12-36(35)38)24-40-37(44)34-10-6-8-32(22-34)26-41-17-13-29(14-18-41)15-20-43(2,3)4/h5-12,21-23,28-29,39H,13-20,24-27H2,1-4H3/p+1/t28-/m0/s1. The van der Waals surface area contributed by atoms with Gasteiger partial charge in [0.25, 0.3) is 5.91 Å². The molecule has 44 heavy (non-hydrogen) atoms. The van der Waals surface area contributed by atoms with Crippen LogP contribution in [-0.2, 0) is 19.6 Å². The maximum Gasteiger partial charge on any atom is 0.251 e. The molecule has 0 bridgehead atoms. The minimum absolute atomic E-state index is 0.107. The lowest BCUT2D eigenvalue weighted by atomic mass is 9.93. The minimum atomic E-state index is -0.252. The van der Waals surface area contributed by atoms with Crippen molar-refractivity contribution >= 4 is 5.91 Å². The van der Waals surface area contributed by atoms with E-state index in [0.717, 1.165) is 67.3 Å². The Labute approximate surface area is 263 Å². The van der Waals surface area contributed by atoms with Crippen molar-refractivity contribution in [3.63, 3.8) is 0 Å². The molecule has 0 spiro atoms. The summed E-state index contributed by atoms with van der Waals surface area (Å²) in [5.74, 6) is 0.458. The Morgan fingerprint density at radius 2 is 1.64 bits per heavy atom. The Morgan fingerprint density at radius 3 is 2.39 bits per heavy atom. The summed E-state index contributed by atoms with van der Waals surface area (Å²) >= 11 is 0. The van der Waals surface area contributed by atoms with Gasteiger partial charge < -0.3 is 15.1 Å². The van der Waals surface area contributed by atoms with E-state index in [0.29, 0.717) is 23.7 Å². The molecule has 2 aliphatic rings. The summed E-state index contributed by atoms with van der Waals surface area (Å²) in [6.07, 6.45) is 3.80. The number of nitrogens with zero attached hydrogens (tertiary/aromatic N) is 3. The molecule has 0 saturated carbocycles. The molecule has 3 aromatic carbocycles. The summed E-state index contributed by atoms with van der Waals surface area (Å²) in [4.78, 5) is 18.1. The first kappa shape index (κ1) is 32.3. The number of piperazine rings is 1. The van der Waals surface area contributed by atoms with Crippen molar-refractivity contribution in [2.75, 3.05) is 60.4 Å². The van der Waals surface area contributed by atoms with Gasteiger partial charge in [-0.15, -0.1) is 0 Å². The minimum Gasteiger partial charge on any atom is -0.348 e. The SMILES string of the molecule is C[C@H]1CN(Cc2cccc(-c3cc(CNC(=O)c4cccc(CN5CCC(CC[N+](C)(C)C)CC5)c4)ccc3F)c2)CCN1. The predicted octanol–water partition coefficient (Wildman–Crippen LogP) is 5.52. The van der Waals surface area contributed by atoms with Gasteiger partial charge >= 0.3 is 0 Å². The monoisotopic (exact) mass is 600 g/mol. The molecule has 5 rings (SSSR count). The van der Waals surface area contributed by atoms with Gasteiger partial charge in [0.15, 0.2) is 0 Å². The average molecular weight is 601 g/mol. The predicted molar refractivity (Wildman–Crippen MR) is 178 cm³/mol. The van der Waals surface area contributed by atoms with E-state index in [-0.39, 0.29) is 11.7 Å². The van der Waals surface area contributed by atoms with Crippen molar-refractivity contribution in [2.45, 2.75) is 51.9 Å². The number of likely N-dealkylation sites (tertiary alicyclic amines) is 1. The van der Waals surface area contributed by atoms with Crippen LogP contribution in [0.5, 0.6) is 0 Å². The first-order chi connectivity index (χ1) is 21.1. The highest BCUT2D eigenvalue weighted by Gasteiger charge is 2.22. The zero-order valence-electron chi connectivity index (χ0n) is 27.1. The van der Waals surface area contributed by atoms with Crippen LogP contribution >= 0.6 is 0 Å². The number of carbonyl (C=O) groups excluding carboxylic acids is 1. The number of quaternary nitrogens is 1. The van der Waals surface area contributed by atoms with E-state index in [1.165, 1.54) is 43.0 Å². The third-order valence-electron chi connectivity index (χ3n) is 9.09. The molecule has 1 atom stereocenters. The average Bonchev–Trinajstić information content (AvgIpc) is 3.00. The van der Waals surface area contributed by atoms with Gasteiger partial charge in [-0.05, 0) is 97.8 Å². The van der Waals surface area contributed by atoms with Gasteiger partial charge in [-0.3, -0.25) is 14.6 Å². The summed E-state index contributed by atoms with van der Waals surface area (Å²) in [5.41, 5.74) is 5.32. The third-order valence-corrected chi connectivity index (χ3v) is 9.09. The van der Waals surface area contributed by atoms with Crippen LogP contribution in [0.3, 0.4) is 0 Å². The normalized spacial score (nSPS) is 18.8. The van der Waals surface area contributed by atoms with E-state index < -0.39 is 0 Å². The Morgan fingerprint density at radius 1 is 0.909 bits per heavy atom. The molecule has 2 N–H and O–H groups in total. The molecule has 236 valence electrons. The second-order valence-electron chi connectivity index (χ2n) is 14.0. The highest BCUT2D eigenvalue weighted by molar-refractivity contribution is 5.94. The molecule has 2 heterocycles. The first-order valence-electron chi connectivity index (χ1n) is 16.3. The van der Waals surface area contributed by atoms with Crippen molar-refractivity contribution in [1.29, 1.82) is 0 Å². The molecule has 2 aliphatic heterocycles. The quantitative estimate of drug-likeness (QED) is 0.285. The van der Waals surface area contributed by atoms with Gasteiger partial charge in [-0.1, -0.05) is 36.4 Å². The molecule has 0 radical (unpaired) electrons. The molecule has 1 amide bonds. The van der Waals surface area contributed by atoms with Gasteiger partial charge in [-0.25, -0.2) is 4.39 Å². The Bertz CT molecular complexity index is 1390. The van der Waals surface area contributed by atoms with Gasteiger partial charge in [0.2, 0.25) is 0 Å². The summed E-state index contributed by atoms with van der Waals surface area (Å²) < 4.78 is 16.0. The molecule has 3 aromatic rings. The van der Waals surface area contributed by atoms with Crippen LogP contribution in [0.25, 0.3) is 11.1 Å². The number of hydrogen-bond donors (Lipinski definition) is 2. The maximum atomic E-state index is 15.0. The number of hydrogen-bond acceptors (Lipinski definition) is 4. The Balaban J connectivity index is 1.15. The van der Waals surface area contributed by atoms with Gasteiger partial charge in [0.1, 0.15) is 5.82 Å². The van der Waals surface area contributed by atoms with E-state index >= 15 is 0 Å². The number of carbonyl (C=O) groups is 1. The number of piperidine rings is 1. The van der Waals surface area contributed by atoms with E-state index in [1.54, 1.807) is 6.07 Å². The number of nitrogens with one attached hydrogen (secondary N) is 2. The molecular formula is C37H51FN5O+. The van der Waals surface area contributed by atoms with Crippen LogP contribution in [0.15, 0.2) is 66.7 Å². The summed E-state index contributed by atoms with van der Waals surface area (Å²) in [6, 6.07) is 21.7. The number of amides is 1. The second kappa shape index (κ2) is 14.8.